The fraction of sp³-hybridized carbons (Fsp3) is 0.471. The van der Waals surface area contributed by atoms with E-state index in [1.807, 2.05) is 58.4 Å². The zero-order valence-corrected chi connectivity index (χ0v) is 15.5. The zero-order valence-electron chi connectivity index (χ0n) is 14.7. The van der Waals surface area contributed by atoms with Crippen LogP contribution in [0.2, 0.25) is 0 Å². The number of nitrogens with zero attached hydrogens (tertiary/aromatic N) is 2. The van der Waals surface area contributed by atoms with Gasteiger partial charge in [0.25, 0.3) is 0 Å². The summed E-state index contributed by atoms with van der Waals surface area (Å²) in [6.07, 6.45) is 0. The molecule has 1 aromatic heterocycles. The molecule has 6 heteroatoms. The first kappa shape index (κ1) is 17.7. The van der Waals surface area contributed by atoms with Gasteiger partial charge in [-0.3, -0.25) is 4.68 Å². The van der Waals surface area contributed by atoms with Crippen LogP contribution in [-0.4, -0.2) is 24.7 Å². The third-order valence-electron chi connectivity index (χ3n) is 4.23. The topological polar surface area (TPSA) is 64.0 Å². The molecule has 1 aromatic carbocycles. The summed E-state index contributed by atoms with van der Waals surface area (Å²) in [7, 11) is -3.52. The first-order valence-electron chi connectivity index (χ1n) is 7.71. The Morgan fingerprint density at radius 3 is 2.09 bits per heavy atom. The minimum absolute atomic E-state index is 0.316. The van der Waals surface area contributed by atoms with Gasteiger partial charge in [0.05, 0.1) is 17.1 Å². The van der Waals surface area contributed by atoms with Crippen molar-refractivity contribution in [3.05, 3.63) is 45.8 Å². The number of sulfonamides is 1. The molecule has 5 nitrogen and oxygen atoms in total. The Balaban J connectivity index is 2.15. The van der Waals surface area contributed by atoms with Crippen molar-refractivity contribution in [1.29, 1.82) is 0 Å². The highest BCUT2D eigenvalue weighted by Crippen LogP contribution is 2.21. The Morgan fingerprint density at radius 1 is 1.04 bits per heavy atom. The van der Waals surface area contributed by atoms with Crippen LogP contribution in [0.4, 0.5) is 0 Å². The monoisotopic (exact) mass is 335 g/mol. The normalized spacial score (nSPS) is 11.9. The summed E-state index contributed by atoms with van der Waals surface area (Å²) in [5, 5.41) is 4.43. The van der Waals surface area contributed by atoms with Crippen LogP contribution in [0.3, 0.4) is 0 Å². The molecule has 0 unspecified atom stereocenters. The number of hydrogen-bond donors (Lipinski definition) is 1. The lowest BCUT2D eigenvalue weighted by atomic mass is 10.1. The second kappa shape index (κ2) is 6.45. The minimum Gasteiger partial charge on any atom is -0.268 e. The van der Waals surface area contributed by atoms with Gasteiger partial charge in [-0.1, -0.05) is 17.7 Å². The highest BCUT2D eigenvalue weighted by atomic mass is 32.2. The summed E-state index contributed by atoms with van der Waals surface area (Å²) in [5.74, 6) is 0. The Bertz CT molecular complexity index is 813. The fourth-order valence-corrected chi connectivity index (χ4v) is 4.42. The number of nitrogens with one attached hydrogen (secondary N) is 1. The average molecular weight is 335 g/mol. The first-order valence-corrected chi connectivity index (χ1v) is 9.20. The lowest BCUT2D eigenvalue weighted by Gasteiger charge is -2.13. The summed E-state index contributed by atoms with van der Waals surface area (Å²) >= 11 is 0. The molecule has 0 saturated heterocycles. The Kier molecular flexibility index (Phi) is 4.96. The number of benzene rings is 1. The van der Waals surface area contributed by atoms with Crippen molar-refractivity contribution < 1.29 is 8.42 Å². The van der Waals surface area contributed by atoms with Gasteiger partial charge >= 0.3 is 0 Å². The summed E-state index contributed by atoms with van der Waals surface area (Å²) in [6.45, 7) is 12.4. The predicted molar refractivity (Wildman–Crippen MR) is 92.3 cm³/mol. The van der Waals surface area contributed by atoms with E-state index in [4.69, 9.17) is 0 Å². The quantitative estimate of drug-likeness (QED) is 0.914. The lowest BCUT2D eigenvalue weighted by molar-refractivity contribution is 0.553. The van der Waals surface area contributed by atoms with E-state index in [0.29, 0.717) is 18.0 Å². The molecule has 23 heavy (non-hydrogen) atoms. The third-order valence-corrected chi connectivity index (χ3v) is 6.00. The molecule has 0 saturated carbocycles. The van der Waals surface area contributed by atoms with E-state index in [9.17, 15) is 8.42 Å². The van der Waals surface area contributed by atoms with Crippen molar-refractivity contribution in [1.82, 2.24) is 14.5 Å². The second-order valence-corrected chi connectivity index (χ2v) is 7.85. The highest BCUT2D eigenvalue weighted by molar-refractivity contribution is 7.89. The van der Waals surface area contributed by atoms with Crippen LogP contribution in [0, 0.1) is 41.5 Å². The minimum atomic E-state index is -3.52. The Hall–Kier alpha value is -1.66. The molecule has 2 aromatic rings. The molecule has 2 rings (SSSR count). The van der Waals surface area contributed by atoms with Gasteiger partial charge in [-0.15, -0.1) is 0 Å². The Labute approximate surface area is 138 Å². The van der Waals surface area contributed by atoms with Gasteiger partial charge in [-0.05, 0) is 58.2 Å². The van der Waals surface area contributed by atoms with Gasteiger partial charge < -0.3 is 0 Å². The SMILES string of the molecule is Cc1cc(C)c(S(=O)(=O)NCCn2nc(C)c(C)c2C)c(C)c1. The largest absolute Gasteiger partial charge is 0.268 e. The molecule has 0 radical (unpaired) electrons. The average Bonchev–Trinajstić information content (AvgIpc) is 2.64. The van der Waals surface area contributed by atoms with E-state index in [-0.39, 0.29) is 0 Å². The summed E-state index contributed by atoms with van der Waals surface area (Å²) in [4.78, 5) is 0.382. The van der Waals surface area contributed by atoms with Crippen LogP contribution < -0.4 is 4.72 Å². The van der Waals surface area contributed by atoms with Crippen LogP contribution in [0.25, 0.3) is 0 Å². The molecule has 0 aliphatic rings. The van der Waals surface area contributed by atoms with E-state index in [0.717, 1.165) is 33.6 Å². The van der Waals surface area contributed by atoms with Gasteiger partial charge in [-0.25, -0.2) is 13.1 Å². The van der Waals surface area contributed by atoms with E-state index in [1.165, 1.54) is 0 Å². The van der Waals surface area contributed by atoms with Crippen LogP contribution in [0.5, 0.6) is 0 Å². The molecule has 0 fully saturated rings. The van der Waals surface area contributed by atoms with Crippen molar-refractivity contribution in [2.75, 3.05) is 6.54 Å². The lowest BCUT2D eigenvalue weighted by Crippen LogP contribution is -2.29. The molecule has 0 amide bonds. The van der Waals surface area contributed by atoms with E-state index < -0.39 is 10.0 Å². The van der Waals surface area contributed by atoms with Crippen molar-refractivity contribution in [2.45, 2.75) is 53.0 Å². The molecule has 0 spiro atoms. The zero-order chi connectivity index (χ0) is 17.4. The van der Waals surface area contributed by atoms with Gasteiger partial charge in [0.2, 0.25) is 10.0 Å². The summed E-state index contributed by atoms with van der Waals surface area (Å²) < 4.78 is 29.7. The predicted octanol–water partition coefficient (Wildman–Crippen LogP) is 2.71. The van der Waals surface area contributed by atoms with Crippen LogP contribution >= 0.6 is 0 Å². The van der Waals surface area contributed by atoms with Gasteiger partial charge in [-0.2, -0.15) is 5.10 Å². The second-order valence-electron chi connectivity index (χ2n) is 6.14. The molecule has 0 aliphatic carbocycles. The maximum absolute atomic E-state index is 12.6. The maximum Gasteiger partial charge on any atom is 0.241 e. The van der Waals surface area contributed by atoms with E-state index in [1.54, 1.807) is 0 Å². The Morgan fingerprint density at radius 2 is 1.61 bits per heavy atom. The van der Waals surface area contributed by atoms with E-state index in [2.05, 4.69) is 9.82 Å². The molecule has 126 valence electrons. The van der Waals surface area contributed by atoms with E-state index >= 15 is 0 Å². The van der Waals surface area contributed by atoms with Gasteiger partial charge in [0, 0.05) is 12.2 Å². The van der Waals surface area contributed by atoms with Crippen molar-refractivity contribution in [3.63, 3.8) is 0 Å². The number of hydrogen-bond acceptors (Lipinski definition) is 3. The van der Waals surface area contributed by atoms with Crippen LogP contribution in [0.15, 0.2) is 17.0 Å². The molecule has 0 aliphatic heterocycles. The van der Waals surface area contributed by atoms with Gasteiger partial charge in [0.15, 0.2) is 0 Å². The van der Waals surface area contributed by atoms with Crippen molar-refractivity contribution in [3.8, 4) is 0 Å². The van der Waals surface area contributed by atoms with Crippen molar-refractivity contribution in [2.24, 2.45) is 0 Å². The maximum atomic E-state index is 12.6. The molecular formula is C17H25N3O2S. The van der Waals surface area contributed by atoms with Crippen LogP contribution in [-0.2, 0) is 16.6 Å². The molecule has 1 N–H and O–H groups in total. The molecule has 1 heterocycles. The number of aryl methyl sites for hydroxylation is 4. The summed E-state index contributed by atoms with van der Waals surface area (Å²) in [5.41, 5.74) is 5.82. The molecular weight excluding hydrogens is 310 g/mol. The van der Waals surface area contributed by atoms with Crippen molar-refractivity contribution >= 4 is 10.0 Å². The first-order chi connectivity index (χ1) is 10.6. The van der Waals surface area contributed by atoms with Crippen LogP contribution in [0.1, 0.15) is 33.6 Å². The standard InChI is InChI=1S/C17H25N3O2S/c1-11-9-12(2)17(13(3)10-11)23(21,22)18-7-8-20-16(6)14(4)15(5)19-20/h9-10,18H,7-8H2,1-6H3. The molecule has 0 atom stereocenters. The molecule has 0 bridgehead atoms. The highest BCUT2D eigenvalue weighted by Gasteiger charge is 2.19. The smallest absolute Gasteiger partial charge is 0.241 e. The van der Waals surface area contributed by atoms with Gasteiger partial charge in [0.1, 0.15) is 0 Å². The fourth-order valence-electron chi connectivity index (χ4n) is 2.95. The number of rotatable bonds is 5. The third kappa shape index (κ3) is 3.64. The summed E-state index contributed by atoms with van der Waals surface area (Å²) in [6, 6.07) is 3.79. The number of aromatic nitrogens is 2.